The van der Waals surface area contributed by atoms with Gasteiger partial charge in [-0.15, -0.1) is 10.2 Å². The van der Waals surface area contributed by atoms with Gasteiger partial charge in [0.25, 0.3) is 5.91 Å². The van der Waals surface area contributed by atoms with Crippen LogP contribution in [0, 0.1) is 0 Å². The average molecular weight is 494 g/mol. The maximum absolute atomic E-state index is 13.1. The number of carbonyl (C=O) groups excluding carboxylic acids is 1. The van der Waals surface area contributed by atoms with Crippen LogP contribution in [0.4, 0.5) is 0 Å². The Morgan fingerprint density at radius 1 is 0.919 bits per heavy atom. The van der Waals surface area contributed by atoms with E-state index in [0.717, 1.165) is 17.5 Å². The predicted octanol–water partition coefficient (Wildman–Crippen LogP) is 4.78. The number of amides is 1. The molecule has 8 heteroatoms. The second kappa shape index (κ2) is 10.6. The number of benzene rings is 3. The summed E-state index contributed by atoms with van der Waals surface area (Å²) in [5.41, 5.74) is 9.52. The number of hydrogen-bond acceptors (Lipinski definition) is 7. The number of nitrogens with one attached hydrogen (secondary N) is 1. The molecule has 5 aromatic rings. The Kier molecular flexibility index (Phi) is 6.91. The highest BCUT2D eigenvalue weighted by Gasteiger charge is 2.29. The summed E-state index contributed by atoms with van der Waals surface area (Å²) in [6.07, 6.45) is 4.29. The molecule has 0 saturated carbocycles. The molecule has 0 aliphatic carbocycles. The Morgan fingerprint density at radius 2 is 1.59 bits per heavy atom. The minimum Gasteiger partial charge on any atom is -0.445 e. The van der Waals surface area contributed by atoms with Crippen molar-refractivity contribution in [3.05, 3.63) is 114 Å². The molecule has 0 radical (unpaired) electrons. The van der Waals surface area contributed by atoms with Crippen molar-refractivity contribution >= 4 is 5.91 Å². The van der Waals surface area contributed by atoms with Gasteiger partial charge in [-0.3, -0.25) is 4.79 Å². The molecule has 1 amide bonds. The SMILES string of the molecule is CC(N)(Cc1ccccc1)c1nnc(-c2cc(C(=O)NCCc3ccccc3)cc(-c3ncco3)c2)o1. The Labute approximate surface area is 214 Å². The zero-order valence-electron chi connectivity index (χ0n) is 20.4. The first kappa shape index (κ1) is 24.1. The Balaban J connectivity index is 1.40. The lowest BCUT2D eigenvalue weighted by Crippen LogP contribution is -2.35. The maximum Gasteiger partial charge on any atom is 0.251 e. The monoisotopic (exact) mass is 493 g/mol. The number of aromatic nitrogens is 3. The van der Waals surface area contributed by atoms with E-state index in [1.165, 1.54) is 6.26 Å². The van der Waals surface area contributed by atoms with Gasteiger partial charge in [-0.25, -0.2) is 4.98 Å². The van der Waals surface area contributed by atoms with Crippen LogP contribution in [0.1, 0.15) is 34.3 Å². The van der Waals surface area contributed by atoms with Crippen LogP contribution >= 0.6 is 0 Å². The molecular weight excluding hydrogens is 466 g/mol. The second-order valence-corrected chi connectivity index (χ2v) is 9.12. The van der Waals surface area contributed by atoms with Gasteiger partial charge in [0, 0.05) is 23.2 Å². The summed E-state index contributed by atoms with van der Waals surface area (Å²) in [6.45, 7) is 2.35. The van der Waals surface area contributed by atoms with Crippen LogP contribution in [0.2, 0.25) is 0 Å². The van der Waals surface area contributed by atoms with E-state index in [-0.39, 0.29) is 11.8 Å². The van der Waals surface area contributed by atoms with Gasteiger partial charge in [-0.1, -0.05) is 60.7 Å². The standard InChI is InChI=1S/C29H27N5O3/c1-29(30,19-21-10-6-3-7-11-21)28-34-33-27(37-28)24-17-22(16-23(18-24)26-32-14-15-36-26)25(35)31-13-12-20-8-4-2-5-9-20/h2-11,14-18H,12-13,19,30H2,1H3,(H,31,35). The molecule has 37 heavy (non-hydrogen) atoms. The van der Waals surface area contributed by atoms with Crippen LogP contribution in [0.5, 0.6) is 0 Å². The molecular formula is C29H27N5O3. The van der Waals surface area contributed by atoms with E-state index in [2.05, 4.69) is 20.5 Å². The topological polar surface area (TPSA) is 120 Å². The van der Waals surface area contributed by atoms with Gasteiger partial charge in [0.05, 0.1) is 11.7 Å². The Morgan fingerprint density at radius 3 is 2.27 bits per heavy atom. The highest BCUT2D eigenvalue weighted by molar-refractivity contribution is 5.96. The van der Waals surface area contributed by atoms with E-state index >= 15 is 0 Å². The lowest BCUT2D eigenvalue weighted by atomic mass is 9.94. The number of nitrogens with zero attached hydrogens (tertiary/aromatic N) is 3. The number of carbonyl (C=O) groups is 1. The molecule has 5 rings (SSSR count). The van der Waals surface area contributed by atoms with Gasteiger partial charge in [0.15, 0.2) is 0 Å². The van der Waals surface area contributed by atoms with Gasteiger partial charge in [0.1, 0.15) is 6.26 Å². The van der Waals surface area contributed by atoms with Crippen LogP contribution in [0.25, 0.3) is 22.9 Å². The smallest absolute Gasteiger partial charge is 0.251 e. The van der Waals surface area contributed by atoms with Crippen LogP contribution in [0.15, 0.2) is 100 Å². The molecule has 0 aliphatic rings. The molecule has 2 aromatic heterocycles. The van der Waals surface area contributed by atoms with Crippen molar-refractivity contribution in [3.8, 4) is 22.9 Å². The molecule has 3 aromatic carbocycles. The summed E-state index contributed by atoms with van der Waals surface area (Å²) < 4.78 is 11.5. The van der Waals surface area contributed by atoms with Crippen molar-refractivity contribution in [1.29, 1.82) is 0 Å². The van der Waals surface area contributed by atoms with Crippen molar-refractivity contribution in [2.75, 3.05) is 6.54 Å². The quantitative estimate of drug-likeness (QED) is 0.303. The first-order valence-corrected chi connectivity index (χ1v) is 12.0. The van der Waals surface area contributed by atoms with Crippen molar-refractivity contribution in [3.63, 3.8) is 0 Å². The zero-order valence-corrected chi connectivity index (χ0v) is 20.4. The van der Waals surface area contributed by atoms with E-state index in [1.54, 1.807) is 24.4 Å². The van der Waals surface area contributed by atoms with Gasteiger partial charge in [-0.05, 0) is 49.1 Å². The minimum absolute atomic E-state index is 0.224. The highest BCUT2D eigenvalue weighted by Crippen LogP contribution is 2.29. The Bertz CT molecular complexity index is 1460. The van der Waals surface area contributed by atoms with E-state index in [4.69, 9.17) is 14.6 Å². The van der Waals surface area contributed by atoms with Crippen molar-refractivity contribution in [1.82, 2.24) is 20.5 Å². The molecule has 186 valence electrons. The molecule has 0 saturated heterocycles. The van der Waals surface area contributed by atoms with E-state index in [0.29, 0.717) is 41.4 Å². The molecule has 0 spiro atoms. The average Bonchev–Trinajstić information content (AvgIpc) is 3.63. The van der Waals surface area contributed by atoms with Crippen molar-refractivity contribution < 1.29 is 13.6 Å². The normalized spacial score (nSPS) is 12.7. The number of nitrogens with two attached hydrogens (primary N) is 1. The largest absolute Gasteiger partial charge is 0.445 e. The summed E-state index contributed by atoms with van der Waals surface area (Å²) >= 11 is 0. The summed E-state index contributed by atoms with van der Waals surface area (Å²) in [4.78, 5) is 17.3. The summed E-state index contributed by atoms with van der Waals surface area (Å²) in [5, 5.41) is 11.4. The summed E-state index contributed by atoms with van der Waals surface area (Å²) in [5.74, 6) is 0.721. The van der Waals surface area contributed by atoms with Gasteiger partial charge in [0.2, 0.25) is 17.7 Å². The maximum atomic E-state index is 13.1. The number of oxazole rings is 1. The number of hydrogen-bond donors (Lipinski definition) is 2. The predicted molar refractivity (Wildman–Crippen MR) is 139 cm³/mol. The zero-order chi connectivity index (χ0) is 25.7. The van der Waals surface area contributed by atoms with E-state index < -0.39 is 5.54 Å². The fourth-order valence-electron chi connectivity index (χ4n) is 4.10. The molecule has 0 fully saturated rings. The highest BCUT2D eigenvalue weighted by atomic mass is 16.4. The lowest BCUT2D eigenvalue weighted by Gasteiger charge is -2.20. The van der Waals surface area contributed by atoms with Crippen molar-refractivity contribution in [2.45, 2.75) is 25.3 Å². The van der Waals surface area contributed by atoms with Crippen LogP contribution in [-0.2, 0) is 18.4 Å². The summed E-state index contributed by atoms with van der Waals surface area (Å²) in [7, 11) is 0. The molecule has 0 aliphatic heterocycles. The molecule has 8 nitrogen and oxygen atoms in total. The van der Waals surface area contributed by atoms with Gasteiger partial charge in [-0.2, -0.15) is 0 Å². The van der Waals surface area contributed by atoms with Gasteiger partial charge < -0.3 is 19.9 Å². The van der Waals surface area contributed by atoms with Crippen molar-refractivity contribution in [2.24, 2.45) is 5.73 Å². The molecule has 2 heterocycles. The third-order valence-corrected chi connectivity index (χ3v) is 5.99. The van der Waals surface area contributed by atoms with Crippen LogP contribution < -0.4 is 11.1 Å². The lowest BCUT2D eigenvalue weighted by molar-refractivity contribution is 0.0954. The summed E-state index contributed by atoms with van der Waals surface area (Å²) in [6, 6.07) is 25.1. The minimum atomic E-state index is -0.871. The molecule has 0 bridgehead atoms. The third kappa shape index (κ3) is 5.82. The molecule has 1 unspecified atom stereocenters. The van der Waals surface area contributed by atoms with E-state index in [9.17, 15) is 4.79 Å². The van der Waals surface area contributed by atoms with Crippen LogP contribution in [0.3, 0.4) is 0 Å². The third-order valence-electron chi connectivity index (χ3n) is 5.99. The fraction of sp³-hybridized carbons (Fsp3) is 0.172. The second-order valence-electron chi connectivity index (χ2n) is 9.12. The van der Waals surface area contributed by atoms with Crippen LogP contribution in [-0.4, -0.2) is 27.6 Å². The molecule has 3 N–H and O–H groups in total. The van der Waals surface area contributed by atoms with Gasteiger partial charge >= 0.3 is 0 Å². The number of rotatable bonds is 9. The fourth-order valence-corrected chi connectivity index (χ4v) is 4.10. The Hall–Kier alpha value is -4.56. The first-order chi connectivity index (χ1) is 18.0. The molecule has 1 atom stereocenters. The van der Waals surface area contributed by atoms with E-state index in [1.807, 2.05) is 67.6 Å². The first-order valence-electron chi connectivity index (χ1n) is 12.0.